The second-order valence-corrected chi connectivity index (χ2v) is 4.19. The summed E-state index contributed by atoms with van der Waals surface area (Å²) in [6.07, 6.45) is 0. The van der Waals surface area contributed by atoms with E-state index in [-0.39, 0.29) is 11.7 Å². The van der Waals surface area contributed by atoms with Gasteiger partial charge in [0.25, 0.3) is 0 Å². The Morgan fingerprint density at radius 1 is 1.47 bits per heavy atom. The number of pyridine rings is 1. The highest BCUT2D eigenvalue weighted by Gasteiger charge is 2.19. The molecule has 0 saturated heterocycles. The van der Waals surface area contributed by atoms with Crippen LogP contribution in [0.2, 0.25) is 0 Å². The number of carbonyl (C=O) groups excluding carboxylic acids is 1. The third-order valence-electron chi connectivity index (χ3n) is 2.85. The highest BCUT2D eigenvalue weighted by Crippen LogP contribution is 2.23. The molecule has 2 N–H and O–H groups in total. The van der Waals surface area contributed by atoms with Crippen molar-refractivity contribution in [3.8, 4) is 0 Å². The molecule has 1 rings (SSSR count). The lowest BCUT2D eigenvalue weighted by Crippen LogP contribution is -2.37. The highest BCUT2D eigenvalue weighted by molar-refractivity contribution is 5.88. The zero-order valence-corrected chi connectivity index (χ0v) is 11.8. The number of hydrogen-bond donors (Lipinski definition) is 1. The minimum Gasteiger partial charge on any atom is -0.464 e. The number of carbonyl (C=O) groups is 1. The van der Waals surface area contributed by atoms with E-state index in [0.29, 0.717) is 24.7 Å². The van der Waals surface area contributed by atoms with Crippen molar-refractivity contribution in [2.75, 3.05) is 38.0 Å². The summed E-state index contributed by atoms with van der Waals surface area (Å²) in [5.74, 6) is 0.103. The molecule has 0 aromatic carbocycles. The Hall–Kier alpha value is -1.82. The number of hydrogen-bond acceptors (Lipinski definition) is 6. The molecule has 1 unspecified atom stereocenters. The number of rotatable bonds is 6. The van der Waals surface area contributed by atoms with E-state index >= 15 is 0 Å². The number of likely N-dealkylation sites (N-methyl/N-ethyl adjacent to an activating group) is 1. The fourth-order valence-corrected chi connectivity index (χ4v) is 1.91. The summed E-state index contributed by atoms with van der Waals surface area (Å²) in [6, 6.07) is 3.33. The molecule has 6 nitrogen and oxygen atoms in total. The largest absolute Gasteiger partial charge is 0.464 e. The molecule has 0 aliphatic rings. The lowest BCUT2D eigenvalue weighted by atomic mass is 10.2. The van der Waals surface area contributed by atoms with E-state index in [1.54, 1.807) is 19.2 Å². The molecule has 1 heterocycles. The van der Waals surface area contributed by atoms with Gasteiger partial charge in [-0.05, 0) is 26.0 Å². The summed E-state index contributed by atoms with van der Waals surface area (Å²) >= 11 is 0. The van der Waals surface area contributed by atoms with Gasteiger partial charge in [-0.1, -0.05) is 0 Å². The fourth-order valence-electron chi connectivity index (χ4n) is 1.91. The molecule has 0 bridgehead atoms. The van der Waals surface area contributed by atoms with E-state index < -0.39 is 5.97 Å². The minimum atomic E-state index is -0.475. The van der Waals surface area contributed by atoms with Crippen molar-refractivity contribution in [3.05, 3.63) is 17.8 Å². The average Bonchev–Trinajstić information content (AvgIpc) is 2.41. The Labute approximate surface area is 113 Å². The van der Waals surface area contributed by atoms with Crippen LogP contribution in [0.25, 0.3) is 0 Å². The monoisotopic (exact) mass is 267 g/mol. The molecule has 1 aromatic heterocycles. The van der Waals surface area contributed by atoms with Crippen LogP contribution in [0.15, 0.2) is 12.1 Å². The van der Waals surface area contributed by atoms with E-state index in [9.17, 15) is 4.79 Å². The molecule has 6 heteroatoms. The molecule has 0 aliphatic heterocycles. The van der Waals surface area contributed by atoms with Crippen LogP contribution in [0.4, 0.5) is 11.5 Å². The Balaban J connectivity index is 3.11. The fraction of sp³-hybridized carbons (Fsp3) is 0.538. The van der Waals surface area contributed by atoms with Crippen molar-refractivity contribution in [2.24, 2.45) is 0 Å². The van der Waals surface area contributed by atoms with E-state index in [0.717, 1.165) is 0 Å². The lowest BCUT2D eigenvalue weighted by Gasteiger charge is -2.29. The maximum Gasteiger partial charge on any atom is 0.356 e. The van der Waals surface area contributed by atoms with E-state index in [4.69, 9.17) is 10.5 Å². The first-order valence-corrected chi connectivity index (χ1v) is 6.15. The summed E-state index contributed by atoms with van der Waals surface area (Å²) in [4.78, 5) is 17.8. The number of nitrogen functional groups attached to an aromatic ring is 1. The van der Waals surface area contributed by atoms with Gasteiger partial charge in [-0.25, -0.2) is 9.78 Å². The maximum absolute atomic E-state index is 11.5. The van der Waals surface area contributed by atoms with Crippen molar-refractivity contribution >= 4 is 17.5 Å². The molecule has 19 heavy (non-hydrogen) atoms. The van der Waals surface area contributed by atoms with Crippen molar-refractivity contribution in [1.82, 2.24) is 4.98 Å². The number of ether oxygens (including phenoxy) is 2. The second kappa shape index (κ2) is 6.94. The van der Waals surface area contributed by atoms with Gasteiger partial charge in [0, 0.05) is 13.7 Å². The Morgan fingerprint density at radius 2 is 2.16 bits per heavy atom. The van der Waals surface area contributed by atoms with Crippen molar-refractivity contribution in [2.45, 2.75) is 19.9 Å². The van der Waals surface area contributed by atoms with Crippen LogP contribution in [0.1, 0.15) is 24.3 Å². The van der Waals surface area contributed by atoms with Crippen molar-refractivity contribution < 1.29 is 14.3 Å². The van der Waals surface area contributed by atoms with Gasteiger partial charge in [-0.3, -0.25) is 0 Å². The first kappa shape index (κ1) is 15.2. The smallest absolute Gasteiger partial charge is 0.356 e. The quantitative estimate of drug-likeness (QED) is 0.783. The molecular formula is C13H21N3O3. The van der Waals surface area contributed by atoms with Crippen LogP contribution < -0.4 is 10.6 Å². The van der Waals surface area contributed by atoms with Crippen LogP contribution in [0, 0.1) is 0 Å². The van der Waals surface area contributed by atoms with Gasteiger partial charge in [0.1, 0.15) is 0 Å². The number of methoxy groups -OCH3 is 2. The van der Waals surface area contributed by atoms with Gasteiger partial charge >= 0.3 is 5.97 Å². The third-order valence-corrected chi connectivity index (χ3v) is 2.85. The molecule has 106 valence electrons. The van der Waals surface area contributed by atoms with E-state index in [1.165, 1.54) is 7.11 Å². The molecule has 0 saturated carbocycles. The van der Waals surface area contributed by atoms with Gasteiger partial charge in [0.15, 0.2) is 11.5 Å². The molecule has 0 spiro atoms. The van der Waals surface area contributed by atoms with Crippen LogP contribution in [0.3, 0.4) is 0 Å². The molecule has 0 fully saturated rings. The molecule has 0 radical (unpaired) electrons. The minimum absolute atomic E-state index is 0.109. The normalized spacial score (nSPS) is 12.0. The summed E-state index contributed by atoms with van der Waals surface area (Å²) in [7, 11) is 2.97. The summed E-state index contributed by atoms with van der Waals surface area (Å²) in [6.45, 7) is 5.28. The topological polar surface area (TPSA) is 77.7 Å². The maximum atomic E-state index is 11.5. The van der Waals surface area contributed by atoms with Crippen LogP contribution in [-0.4, -0.2) is 44.4 Å². The predicted octanol–water partition coefficient (Wildman–Crippen LogP) is 1.31. The van der Waals surface area contributed by atoms with Crippen LogP contribution >= 0.6 is 0 Å². The molecule has 1 atom stereocenters. The number of esters is 1. The molecular weight excluding hydrogens is 246 g/mol. The van der Waals surface area contributed by atoms with Crippen LogP contribution in [0.5, 0.6) is 0 Å². The molecule has 1 aromatic rings. The number of anilines is 2. The van der Waals surface area contributed by atoms with Crippen LogP contribution in [-0.2, 0) is 9.47 Å². The average molecular weight is 267 g/mol. The third kappa shape index (κ3) is 3.57. The summed E-state index contributed by atoms with van der Waals surface area (Å²) in [5, 5.41) is 0. The van der Waals surface area contributed by atoms with Crippen molar-refractivity contribution in [3.63, 3.8) is 0 Å². The Kier molecular flexibility index (Phi) is 5.57. The Morgan fingerprint density at radius 3 is 2.68 bits per heavy atom. The van der Waals surface area contributed by atoms with E-state index in [1.807, 2.05) is 18.7 Å². The van der Waals surface area contributed by atoms with Gasteiger partial charge in [-0.15, -0.1) is 0 Å². The number of nitrogens with two attached hydrogens (primary N) is 1. The first-order chi connectivity index (χ1) is 9.04. The molecule has 0 amide bonds. The summed E-state index contributed by atoms with van der Waals surface area (Å²) < 4.78 is 9.81. The van der Waals surface area contributed by atoms with Gasteiger partial charge in [0.2, 0.25) is 0 Å². The number of aromatic nitrogens is 1. The predicted molar refractivity (Wildman–Crippen MR) is 74.3 cm³/mol. The standard InChI is InChI=1S/C13H21N3O3/c1-5-16(9(2)8-18-3)12-10(14)6-7-11(15-12)13(17)19-4/h6-7,9H,5,8,14H2,1-4H3. The zero-order valence-electron chi connectivity index (χ0n) is 11.8. The highest BCUT2D eigenvalue weighted by atomic mass is 16.5. The SMILES string of the molecule is CCN(c1nc(C(=O)OC)ccc1N)C(C)COC. The van der Waals surface area contributed by atoms with E-state index in [2.05, 4.69) is 9.72 Å². The van der Waals surface area contributed by atoms with Gasteiger partial charge < -0.3 is 20.1 Å². The Bertz CT molecular complexity index is 437. The second-order valence-electron chi connectivity index (χ2n) is 4.19. The van der Waals surface area contributed by atoms with Gasteiger partial charge in [0.05, 0.1) is 25.4 Å². The van der Waals surface area contributed by atoms with Gasteiger partial charge in [-0.2, -0.15) is 0 Å². The van der Waals surface area contributed by atoms with Crippen molar-refractivity contribution in [1.29, 1.82) is 0 Å². The zero-order chi connectivity index (χ0) is 14.4. The first-order valence-electron chi connectivity index (χ1n) is 6.15. The lowest BCUT2D eigenvalue weighted by molar-refractivity contribution is 0.0594. The number of nitrogens with zero attached hydrogens (tertiary/aromatic N) is 2. The molecule has 0 aliphatic carbocycles. The summed E-state index contributed by atoms with van der Waals surface area (Å²) in [5.41, 5.74) is 6.71.